The van der Waals surface area contributed by atoms with Crippen LogP contribution >= 0.6 is 0 Å². The highest BCUT2D eigenvalue weighted by Gasteiger charge is 2.03. The summed E-state index contributed by atoms with van der Waals surface area (Å²) in [6.45, 7) is 9.41. The second kappa shape index (κ2) is 6.25. The lowest BCUT2D eigenvalue weighted by Crippen LogP contribution is -2.17. The topological polar surface area (TPSA) is 21.3 Å². The average molecular weight is 205 g/mol. The lowest BCUT2D eigenvalue weighted by molar-refractivity contribution is 0.362. The van der Waals surface area contributed by atoms with Crippen LogP contribution in [0.4, 0.5) is 0 Å². The quantitative estimate of drug-likeness (QED) is 0.721. The normalized spacial score (nSPS) is 12.1. The number of benzene rings is 1. The highest BCUT2D eigenvalue weighted by Crippen LogP contribution is 2.18. The fourth-order valence-corrected chi connectivity index (χ4v) is 1.45. The van der Waals surface area contributed by atoms with Gasteiger partial charge in [0, 0.05) is 6.04 Å². The van der Waals surface area contributed by atoms with Crippen LogP contribution in [0.3, 0.4) is 0 Å². The molecular formula is C13H19NO. The molecule has 0 aliphatic rings. The lowest BCUT2D eigenvalue weighted by Gasteiger charge is -2.13. The van der Waals surface area contributed by atoms with Gasteiger partial charge >= 0.3 is 0 Å². The molecule has 0 amide bonds. The minimum atomic E-state index is 0.363. The number of hydrogen-bond acceptors (Lipinski definition) is 2. The zero-order valence-corrected chi connectivity index (χ0v) is 9.49. The third kappa shape index (κ3) is 3.76. The first-order valence-electron chi connectivity index (χ1n) is 5.35. The van der Waals surface area contributed by atoms with E-state index in [0.717, 1.165) is 12.3 Å². The van der Waals surface area contributed by atoms with Crippen LogP contribution in [0, 0.1) is 0 Å². The second-order valence-electron chi connectivity index (χ2n) is 3.45. The van der Waals surface area contributed by atoms with E-state index in [1.165, 1.54) is 5.56 Å². The highest BCUT2D eigenvalue weighted by atomic mass is 16.5. The third-order valence-electron chi connectivity index (χ3n) is 2.24. The molecule has 2 heteroatoms. The summed E-state index contributed by atoms with van der Waals surface area (Å²) in [5.41, 5.74) is 1.25. The summed E-state index contributed by atoms with van der Waals surface area (Å²) in [7, 11) is 0. The van der Waals surface area contributed by atoms with Crippen molar-refractivity contribution < 1.29 is 4.74 Å². The first-order chi connectivity index (χ1) is 7.27. The number of hydrogen-bond donors (Lipinski definition) is 1. The molecular weight excluding hydrogens is 186 g/mol. The first-order valence-corrected chi connectivity index (χ1v) is 5.35. The Morgan fingerprint density at radius 1 is 1.53 bits per heavy atom. The molecule has 0 saturated heterocycles. The Morgan fingerprint density at radius 3 is 3.00 bits per heavy atom. The van der Waals surface area contributed by atoms with Crippen molar-refractivity contribution in [2.24, 2.45) is 0 Å². The van der Waals surface area contributed by atoms with Crippen LogP contribution in [0.25, 0.3) is 0 Å². The Labute approximate surface area is 92.0 Å². The van der Waals surface area contributed by atoms with E-state index in [0.29, 0.717) is 12.6 Å². The fraction of sp³-hybridized carbons (Fsp3) is 0.385. The molecule has 0 heterocycles. The molecule has 1 N–H and O–H groups in total. The van der Waals surface area contributed by atoms with Gasteiger partial charge in [-0.05, 0) is 31.2 Å². The van der Waals surface area contributed by atoms with E-state index >= 15 is 0 Å². The van der Waals surface area contributed by atoms with Crippen LogP contribution in [-0.4, -0.2) is 13.2 Å². The molecule has 0 spiro atoms. The molecule has 0 fully saturated rings. The summed E-state index contributed by atoms with van der Waals surface area (Å²) in [5.74, 6) is 0.900. The van der Waals surface area contributed by atoms with E-state index in [4.69, 9.17) is 4.74 Å². The van der Waals surface area contributed by atoms with Gasteiger partial charge in [-0.3, -0.25) is 0 Å². The summed E-state index contributed by atoms with van der Waals surface area (Å²) in [6.07, 6.45) is 1.75. The van der Waals surface area contributed by atoms with Crippen LogP contribution in [0.15, 0.2) is 36.9 Å². The van der Waals surface area contributed by atoms with Crippen LogP contribution < -0.4 is 10.1 Å². The molecule has 0 aliphatic heterocycles. The van der Waals surface area contributed by atoms with E-state index in [1.54, 1.807) is 6.08 Å². The smallest absolute Gasteiger partial charge is 0.120 e. The van der Waals surface area contributed by atoms with Gasteiger partial charge in [-0.25, -0.2) is 0 Å². The number of nitrogens with one attached hydrogen (secondary N) is 1. The molecule has 1 aromatic carbocycles. The molecule has 0 saturated carbocycles. The zero-order valence-electron chi connectivity index (χ0n) is 9.49. The van der Waals surface area contributed by atoms with Crippen molar-refractivity contribution in [2.75, 3.05) is 13.2 Å². The lowest BCUT2D eigenvalue weighted by atomic mass is 10.1. The van der Waals surface area contributed by atoms with Crippen LogP contribution in [0.5, 0.6) is 5.75 Å². The highest BCUT2D eigenvalue weighted by molar-refractivity contribution is 5.30. The second-order valence-corrected chi connectivity index (χ2v) is 3.45. The van der Waals surface area contributed by atoms with Crippen molar-refractivity contribution in [3.63, 3.8) is 0 Å². The Kier molecular flexibility index (Phi) is 4.91. The van der Waals surface area contributed by atoms with E-state index in [1.807, 2.05) is 12.1 Å². The van der Waals surface area contributed by atoms with E-state index in [-0.39, 0.29) is 0 Å². The van der Waals surface area contributed by atoms with Gasteiger partial charge in [0.05, 0.1) is 0 Å². The molecule has 0 aromatic heterocycles. The van der Waals surface area contributed by atoms with Gasteiger partial charge < -0.3 is 10.1 Å². The Morgan fingerprint density at radius 2 is 2.33 bits per heavy atom. The van der Waals surface area contributed by atoms with Gasteiger partial charge in [0.25, 0.3) is 0 Å². The summed E-state index contributed by atoms with van der Waals surface area (Å²) >= 11 is 0. The fourth-order valence-electron chi connectivity index (χ4n) is 1.45. The van der Waals surface area contributed by atoms with Gasteiger partial charge in [-0.1, -0.05) is 31.7 Å². The molecule has 15 heavy (non-hydrogen) atoms. The Hall–Kier alpha value is -1.28. The average Bonchev–Trinajstić information content (AvgIpc) is 2.27. The van der Waals surface area contributed by atoms with Crippen molar-refractivity contribution in [1.82, 2.24) is 5.32 Å². The molecule has 0 aliphatic carbocycles. The van der Waals surface area contributed by atoms with Crippen molar-refractivity contribution in [2.45, 2.75) is 19.9 Å². The van der Waals surface area contributed by atoms with E-state index in [2.05, 4.69) is 37.9 Å². The molecule has 82 valence electrons. The summed E-state index contributed by atoms with van der Waals surface area (Å²) in [5, 5.41) is 3.37. The molecule has 1 atom stereocenters. The minimum absolute atomic E-state index is 0.363. The van der Waals surface area contributed by atoms with Gasteiger partial charge in [0.1, 0.15) is 12.4 Å². The predicted molar refractivity (Wildman–Crippen MR) is 64.2 cm³/mol. The molecule has 1 rings (SSSR count). The van der Waals surface area contributed by atoms with Crippen molar-refractivity contribution in [3.05, 3.63) is 42.5 Å². The molecule has 2 nitrogen and oxygen atoms in total. The maximum Gasteiger partial charge on any atom is 0.120 e. The maximum absolute atomic E-state index is 5.48. The number of ether oxygens (including phenoxy) is 1. The van der Waals surface area contributed by atoms with Crippen molar-refractivity contribution >= 4 is 0 Å². The summed E-state index contributed by atoms with van der Waals surface area (Å²) < 4.78 is 5.48. The molecule has 1 unspecified atom stereocenters. The zero-order chi connectivity index (χ0) is 11.1. The van der Waals surface area contributed by atoms with Gasteiger partial charge in [-0.2, -0.15) is 0 Å². The van der Waals surface area contributed by atoms with Gasteiger partial charge in [0.15, 0.2) is 0 Å². The number of rotatable bonds is 6. The van der Waals surface area contributed by atoms with Gasteiger partial charge in [0.2, 0.25) is 0 Å². The van der Waals surface area contributed by atoms with Crippen molar-refractivity contribution in [3.8, 4) is 5.75 Å². The largest absolute Gasteiger partial charge is 0.490 e. The monoisotopic (exact) mass is 205 g/mol. The SMILES string of the molecule is C=CCOc1cccc(C(C)NCC)c1. The first kappa shape index (κ1) is 11.8. The van der Waals surface area contributed by atoms with Crippen LogP contribution in [0.2, 0.25) is 0 Å². The molecule has 0 bridgehead atoms. The third-order valence-corrected chi connectivity index (χ3v) is 2.24. The summed E-state index contributed by atoms with van der Waals surface area (Å²) in [4.78, 5) is 0. The molecule has 0 radical (unpaired) electrons. The van der Waals surface area contributed by atoms with E-state index in [9.17, 15) is 0 Å². The molecule has 1 aromatic rings. The minimum Gasteiger partial charge on any atom is -0.490 e. The maximum atomic E-state index is 5.48. The van der Waals surface area contributed by atoms with Gasteiger partial charge in [-0.15, -0.1) is 0 Å². The summed E-state index contributed by atoms with van der Waals surface area (Å²) in [6, 6.07) is 8.51. The van der Waals surface area contributed by atoms with Crippen LogP contribution in [-0.2, 0) is 0 Å². The van der Waals surface area contributed by atoms with E-state index < -0.39 is 0 Å². The Balaban J connectivity index is 2.68. The van der Waals surface area contributed by atoms with Crippen molar-refractivity contribution in [1.29, 1.82) is 0 Å². The van der Waals surface area contributed by atoms with Crippen LogP contribution in [0.1, 0.15) is 25.5 Å². The Bertz CT molecular complexity index is 309. The standard InChI is InChI=1S/C13H19NO/c1-4-9-15-13-8-6-7-12(10-13)11(3)14-5-2/h4,6-8,10-11,14H,1,5,9H2,2-3H3. The predicted octanol–water partition coefficient (Wildman–Crippen LogP) is 2.92.